The molecule has 6 N–H and O–H groups in total. The van der Waals surface area contributed by atoms with Crippen molar-refractivity contribution in [3.63, 3.8) is 0 Å². The molecule has 1 amide bonds. The van der Waals surface area contributed by atoms with Crippen molar-refractivity contribution in [3.05, 3.63) is 72.9 Å². The van der Waals surface area contributed by atoms with Crippen LogP contribution in [0.2, 0.25) is 0 Å². The molecular formula is C62H109NO10. The second-order valence-electron chi connectivity index (χ2n) is 20.3. The minimum atomic E-state index is -1.59. The molecule has 0 bridgehead atoms. The third kappa shape index (κ3) is 41.0. The molecule has 1 saturated heterocycles. The van der Waals surface area contributed by atoms with E-state index in [0.29, 0.717) is 25.9 Å². The zero-order chi connectivity index (χ0) is 53.1. The van der Waals surface area contributed by atoms with Gasteiger partial charge in [0.05, 0.1) is 32.0 Å². The van der Waals surface area contributed by atoms with Crippen LogP contribution in [0, 0.1) is 0 Å². The smallest absolute Gasteiger partial charge is 0.305 e. The molecule has 0 spiro atoms. The Kier molecular flexibility index (Phi) is 47.8. The summed E-state index contributed by atoms with van der Waals surface area (Å²) < 4.78 is 16.6. The second-order valence-corrected chi connectivity index (χ2v) is 20.3. The lowest BCUT2D eigenvalue weighted by Gasteiger charge is -2.40. The minimum absolute atomic E-state index is 0.0226. The van der Waals surface area contributed by atoms with E-state index in [9.17, 15) is 35.1 Å². The van der Waals surface area contributed by atoms with Gasteiger partial charge in [-0.2, -0.15) is 0 Å². The fourth-order valence-corrected chi connectivity index (χ4v) is 8.85. The number of carbonyl (C=O) groups is 2. The molecule has 1 heterocycles. The lowest BCUT2D eigenvalue weighted by atomic mass is 9.99. The first-order valence-electron chi connectivity index (χ1n) is 29.7. The van der Waals surface area contributed by atoms with Gasteiger partial charge in [0.2, 0.25) is 5.91 Å². The van der Waals surface area contributed by atoms with Crippen LogP contribution in [-0.4, -0.2) is 100 Å². The Hall–Kier alpha value is -2.90. The Morgan fingerprint density at radius 3 is 1.52 bits per heavy atom. The Bertz CT molecular complexity index is 1440. The van der Waals surface area contributed by atoms with E-state index in [1.54, 1.807) is 6.08 Å². The van der Waals surface area contributed by atoms with E-state index in [1.807, 2.05) is 19.1 Å². The highest BCUT2D eigenvalue weighted by Crippen LogP contribution is 2.23. The van der Waals surface area contributed by atoms with E-state index in [0.717, 1.165) is 96.3 Å². The zero-order valence-corrected chi connectivity index (χ0v) is 46.3. The van der Waals surface area contributed by atoms with Crippen molar-refractivity contribution in [1.29, 1.82) is 0 Å². The van der Waals surface area contributed by atoms with Crippen molar-refractivity contribution < 1.29 is 49.3 Å². The second kappa shape index (κ2) is 51.2. The maximum absolute atomic E-state index is 13.0. The van der Waals surface area contributed by atoms with E-state index in [4.69, 9.17) is 14.2 Å². The summed E-state index contributed by atoms with van der Waals surface area (Å²) in [4.78, 5) is 25.1. The van der Waals surface area contributed by atoms with E-state index >= 15 is 0 Å². The van der Waals surface area contributed by atoms with Crippen molar-refractivity contribution in [2.45, 2.75) is 288 Å². The number of hydrogen-bond donors (Lipinski definition) is 6. The maximum Gasteiger partial charge on any atom is 0.305 e. The van der Waals surface area contributed by atoms with Crippen molar-refractivity contribution in [3.8, 4) is 0 Å². The van der Waals surface area contributed by atoms with Gasteiger partial charge in [-0.05, 0) is 110 Å². The number of nitrogens with one attached hydrogen (secondary N) is 1. The number of unbranched alkanes of at least 4 members (excludes halogenated alkanes) is 27. The highest BCUT2D eigenvalue weighted by atomic mass is 16.7. The number of aliphatic hydroxyl groups is 5. The summed E-state index contributed by atoms with van der Waals surface area (Å²) in [6.07, 6.45) is 57.4. The quantitative estimate of drug-likeness (QED) is 0.0195. The molecule has 1 aliphatic rings. The van der Waals surface area contributed by atoms with E-state index in [1.165, 1.54) is 116 Å². The van der Waals surface area contributed by atoms with Gasteiger partial charge in [-0.25, -0.2) is 0 Å². The molecule has 11 nitrogen and oxygen atoms in total. The highest BCUT2D eigenvalue weighted by Gasteiger charge is 2.44. The van der Waals surface area contributed by atoms with E-state index in [2.05, 4.69) is 66.9 Å². The molecule has 0 radical (unpaired) electrons. The Morgan fingerprint density at radius 1 is 0.534 bits per heavy atom. The number of amides is 1. The standard InChI is InChI=1S/C62H109NO10/c1-3-5-7-9-11-13-14-15-16-17-21-24-27-30-34-38-42-46-50-58(67)71-51-47-43-39-35-31-28-25-22-19-18-20-23-26-29-33-37-41-45-49-57(66)63-54(55(65)48-44-40-36-32-12-10-8-6-4-2)53-72-62-61(70)60(69)59(68)56(52-64)73-62/h4,6,12-14,16-17,20,23,32,44,48,54-56,59-62,64-65,68-70H,3,5,7-11,15,18-19,21-22,24-31,33-43,45-47,49-53H2,1-2H3,(H,63,66)/b6-4+,14-13-,17-16-,23-20-,32-12+,48-44+. The summed E-state index contributed by atoms with van der Waals surface area (Å²) in [5.74, 6) is -0.238. The van der Waals surface area contributed by atoms with Gasteiger partial charge in [0.25, 0.3) is 0 Å². The molecule has 11 heteroatoms. The largest absolute Gasteiger partial charge is 0.466 e. The number of ether oxygens (including phenoxy) is 3. The van der Waals surface area contributed by atoms with Crippen LogP contribution in [0.5, 0.6) is 0 Å². The fourth-order valence-electron chi connectivity index (χ4n) is 8.85. The summed E-state index contributed by atoms with van der Waals surface area (Å²) >= 11 is 0. The van der Waals surface area contributed by atoms with Gasteiger partial charge in [0, 0.05) is 12.8 Å². The number of aliphatic hydroxyl groups excluding tert-OH is 5. The molecular weight excluding hydrogens is 919 g/mol. The summed E-state index contributed by atoms with van der Waals surface area (Å²) in [6.45, 7) is 4.03. The van der Waals surface area contributed by atoms with Crippen LogP contribution in [0.3, 0.4) is 0 Å². The molecule has 0 aliphatic carbocycles. The highest BCUT2D eigenvalue weighted by molar-refractivity contribution is 5.76. The molecule has 422 valence electrons. The number of carbonyl (C=O) groups excluding carboxylic acids is 2. The first-order chi connectivity index (χ1) is 35.7. The number of rotatable bonds is 50. The molecule has 7 unspecified atom stereocenters. The molecule has 1 fully saturated rings. The average Bonchev–Trinajstić information content (AvgIpc) is 3.39. The average molecular weight is 1030 g/mol. The van der Waals surface area contributed by atoms with Crippen molar-refractivity contribution in [1.82, 2.24) is 5.32 Å². The first-order valence-corrected chi connectivity index (χ1v) is 29.7. The van der Waals surface area contributed by atoms with Crippen LogP contribution in [0.4, 0.5) is 0 Å². The van der Waals surface area contributed by atoms with E-state index < -0.39 is 49.5 Å². The summed E-state index contributed by atoms with van der Waals surface area (Å²) in [5, 5.41) is 54.1. The molecule has 7 atom stereocenters. The topological polar surface area (TPSA) is 175 Å². The maximum atomic E-state index is 13.0. The van der Waals surface area contributed by atoms with Crippen molar-refractivity contribution >= 4 is 11.9 Å². The Morgan fingerprint density at radius 2 is 0.986 bits per heavy atom. The van der Waals surface area contributed by atoms with Crippen molar-refractivity contribution in [2.75, 3.05) is 19.8 Å². The van der Waals surface area contributed by atoms with Gasteiger partial charge < -0.3 is 45.1 Å². The lowest BCUT2D eigenvalue weighted by Crippen LogP contribution is -2.60. The van der Waals surface area contributed by atoms with Crippen LogP contribution in [0.1, 0.15) is 245 Å². The molecule has 1 aliphatic heterocycles. The molecule has 0 saturated carbocycles. The molecule has 1 rings (SSSR count). The van der Waals surface area contributed by atoms with Crippen LogP contribution in [-0.2, 0) is 23.8 Å². The normalized spacial score (nSPS) is 19.5. The van der Waals surface area contributed by atoms with Crippen LogP contribution in [0.25, 0.3) is 0 Å². The minimum Gasteiger partial charge on any atom is -0.466 e. The summed E-state index contributed by atoms with van der Waals surface area (Å²) in [6, 6.07) is -0.845. The van der Waals surface area contributed by atoms with Gasteiger partial charge >= 0.3 is 5.97 Å². The van der Waals surface area contributed by atoms with Gasteiger partial charge in [0.1, 0.15) is 24.4 Å². The van der Waals surface area contributed by atoms with Crippen molar-refractivity contribution in [2.24, 2.45) is 0 Å². The predicted molar refractivity (Wildman–Crippen MR) is 301 cm³/mol. The lowest BCUT2D eigenvalue weighted by molar-refractivity contribution is -0.302. The summed E-state index contributed by atoms with van der Waals surface area (Å²) in [7, 11) is 0. The number of allylic oxidation sites excluding steroid dienone is 11. The molecule has 0 aromatic heterocycles. The Balaban J connectivity index is 2.03. The van der Waals surface area contributed by atoms with Gasteiger partial charge in [-0.3, -0.25) is 9.59 Å². The Labute approximate surface area is 445 Å². The molecule has 73 heavy (non-hydrogen) atoms. The SMILES string of the molecule is C/C=C/CC/C=C/CC/C=C/C(O)C(COC1OC(CO)C(O)C(O)C1O)NC(=O)CCCCCCC/C=C\CCCCCCCCCCCOC(=O)CCCCCCCCC/C=C\C/C=C\CCCCCC. The zero-order valence-electron chi connectivity index (χ0n) is 46.3. The van der Waals surface area contributed by atoms with Gasteiger partial charge in [-0.1, -0.05) is 195 Å². The van der Waals surface area contributed by atoms with Crippen LogP contribution >= 0.6 is 0 Å². The van der Waals surface area contributed by atoms with Crippen LogP contribution in [0.15, 0.2) is 72.9 Å². The number of esters is 1. The summed E-state index contributed by atoms with van der Waals surface area (Å²) in [5.41, 5.74) is 0. The third-order valence-electron chi connectivity index (χ3n) is 13.6. The molecule has 0 aromatic carbocycles. The van der Waals surface area contributed by atoms with Gasteiger partial charge in [-0.15, -0.1) is 0 Å². The predicted octanol–water partition coefficient (Wildman–Crippen LogP) is 13.6. The first kappa shape index (κ1) is 68.1. The van der Waals surface area contributed by atoms with Gasteiger partial charge in [0.15, 0.2) is 6.29 Å². The van der Waals surface area contributed by atoms with Crippen LogP contribution < -0.4 is 5.32 Å². The molecule has 0 aromatic rings. The third-order valence-corrected chi connectivity index (χ3v) is 13.6. The van der Waals surface area contributed by atoms with E-state index in [-0.39, 0.29) is 18.5 Å². The number of hydrogen-bond acceptors (Lipinski definition) is 10. The monoisotopic (exact) mass is 1030 g/mol. The fraction of sp³-hybridized carbons (Fsp3) is 0.774.